The summed E-state index contributed by atoms with van der Waals surface area (Å²) in [5, 5.41) is 6.91. The van der Waals surface area contributed by atoms with Crippen molar-refractivity contribution in [3.8, 4) is 0 Å². The van der Waals surface area contributed by atoms with Gasteiger partial charge >= 0.3 is 0 Å². The number of nitrogens with one attached hydrogen (secondary N) is 2. The minimum Gasteiger partial charge on any atom is -0.325 e. The molecule has 2 amide bonds. The number of rotatable bonds is 4. The summed E-state index contributed by atoms with van der Waals surface area (Å²) in [5.41, 5.74) is 3.35. The first-order valence-electron chi connectivity index (χ1n) is 9.47. The molecule has 0 aliphatic heterocycles. The zero-order valence-electron chi connectivity index (χ0n) is 16.0. The monoisotopic (exact) mass is 418 g/mol. The molecule has 6 heteroatoms. The molecule has 148 valence electrons. The molecule has 2 aromatic carbocycles. The first-order valence-corrected chi connectivity index (χ1v) is 10.2. The summed E-state index contributed by atoms with van der Waals surface area (Å²) in [6, 6.07) is 11.1. The van der Waals surface area contributed by atoms with E-state index in [1.165, 1.54) is 0 Å². The van der Waals surface area contributed by atoms with Crippen LogP contribution >= 0.6 is 23.2 Å². The molecule has 1 aliphatic rings. The van der Waals surface area contributed by atoms with E-state index in [1.54, 1.807) is 0 Å². The molecule has 0 unspecified atom stereocenters. The lowest BCUT2D eigenvalue weighted by atomic mass is 9.81. The van der Waals surface area contributed by atoms with E-state index in [9.17, 15) is 9.59 Å². The normalized spacial score (nSPS) is 19.1. The van der Waals surface area contributed by atoms with Crippen LogP contribution in [0.3, 0.4) is 0 Å². The van der Waals surface area contributed by atoms with Crippen molar-refractivity contribution in [2.45, 2.75) is 39.5 Å². The average Bonchev–Trinajstić information content (AvgIpc) is 2.66. The number of benzene rings is 2. The number of hydrogen-bond acceptors (Lipinski definition) is 2. The van der Waals surface area contributed by atoms with Crippen LogP contribution < -0.4 is 10.6 Å². The van der Waals surface area contributed by atoms with Gasteiger partial charge in [-0.15, -0.1) is 0 Å². The van der Waals surface area contributed by atoms with Gasteiger partial charge in [0.1, 0.15) is 0 Å². The van der Waals surface area contributed by atoms with E-state index in [1.807, 2.05) is 50.2 Å². The molecule has 0 atom stereocenters. The summed E-state index contributed by atoms with van der Waals surface area (Å²) in [6.45, 7) is 3.90. The van der Waals surface area contributed by atoms with Crippen molar-refractivity contribution in [1.82, 2.24) is 0 Å². The van der Waals surface area contributed by atoms with Crippen LogP contribution in [0.25, 0.3) is 0 Å². The van der Waals surface area contributed by atoms with Crippen molar-refractivity contribution >= 4 is 46.4 Å². The Morgan fingerprint density at radius 1 is 0.750 bits per heavy atom. The van der Waals surface area contributed by atoms with Gasteiger partial charge in [-0.25, -0.2) is 0 Å². The Morgan fingerprint density at radius 2 is 1.11 bits per heavy atom. The standard InChI is InChI=1S/C22H24Cl2N2O2/c1-13-3-9-19(17(23)11-13)25-21(27)15-5-7-16(8-6-15)22(28)26-20-10-4-14(2)12-18(20)24/h3-4,9-12,15-16H,5-8H2,1-2H3,(H,25,27)(H,26,28). The van der Waals surface area contributed by atoms with E-state index < -0.39 is 0 Å². The predicted octanol–water partition coefficient (Wildman–Crippen LogP) is 5.99. The third-order valence-electron chi connectivity index (χ3n) is 5.23. The first kappa shape index (κ1) is 20.7. The highest BCUT2D eigenvalue weighted by molar-refractivity contribution is 6.34. The summed E-state index contributed by atoms with van der Waals surface area (Å²) >= 11 is 12.4. The van der Waals surface area contributed by atoms with Gasteiger partial charge in [-0.3, -0.25) is 9.59 Å². The molecule has 0 aromatic heterocycles. The van der Waals surface area contributed by atoms with Gasteiger partial charge in [0.2, 0.25) is 11.8 Å². The van der Waals surface area contributed by atoms with Crippen LogP contribution in [-0.2, 0) is 9.59 Å². The van der Waals surface area contributed by atoms with Gasteiger partial charge in [-0.1, -0.05) is 35.3 Å². The van der Waals surface area contributed by atoms with Crippen molar-refractivity contribution in [1.29, 1.82) is 0 Å². The quantitative estimate of drug-likeness (QED) is 0.639. The highest BCUT2D eigenvalue weighted by atomic mass is 35.5. The molecule has 0 radical (unpaired) electrons. The number of amides is 2. The molecule has 0 spiro atoms. The smallest absolute Gasteiger partial charge is 0.227 e. The first-order chi connectivity index (χ1) is 13.3. The van der Waals surface area contributed by atoms with E-state index in [2.05, 4.69) is 10.6 Å². The lowest BCUT2D eigenvalue weighted by molar-refractivity contribution is -0.125. The zero-order valence-corrected chi connectivity index (χ0v) is 17.5. The zero-order chi connectivity index (χ0) is 20.3. The second-order valence-corrected chi connectivity index (χ2v) is 8.31. The molecular formula is C22H24Cl2N2O2. The fourth-order valence-electron chi connectivity index (χ4n) is 3.53. The Morgan fingerprint density at radius 3 is 1.43 bits per heavy atom. The Hall–Kier alpha value is -2.04. The van der Waals surface area contributed by atoms with Crippen LogP contribution in [0.1, 0.15) is 36.8 Å². The lowest BCUT2D eigenvalue weighted by Gasteiger charge is -2.27. The Bertz CT molecular complexity index is 817. The summed E-state index contributed by atoms with van der Waals surface area (Å²) in [6.07, 6.45) is 2.70. The minimum atomic E-state index is -0.107. The summed E-state index contributed by atoms with van der Waals surface area (Å²) < 4.78 is 0. The Balaban J connectivity index is 1.53. The van der Waals surface area contributed by atoms with Crippen LogP contribution in [-0.4, -0.2) is 11.8 Å². The van der Waals surface area contributed by atoms with Crippen molar-refractivity contribution in [2.75, 3.05) is 10.6 Å². The second kappa shape index (κ2) is 8.97. The third-order valence-corrected chi connectivity index (χ3v) is 5.86. The maximum absolute atomic E-state index is 12.6. The van der Waals surface area contributed by atoms with Gasteiger partial charge in [-0.2, -0.15) is 0 Å². The Kier molecular flexibility index (Phi) is 6.63. The van der Waals surface area contributed by atoms with Crippen LogP contribution in [0.15, 0.2) is 36.4 Å². The average molecular weight is 419 g/mol. The summed E-state index contributed by atoms with van der Waals surface area (Å²) in [4.78, 5) is 25.1. The maximum atomic E-state index is 12.6. The molecular weight excluding hydrogens is 395 g/mol. The summed E-state index contributed by atoms with van der Waals surface area (Å²) in [7, 11) is 0. The van der Waals surface area contributed by atoms with Crippen LogP contribution in [0.2, 0.25) is 10.0 Å². The van der Waals surface area contributed by atoms with E-state index in [4.69, 9.17) is 23.2 Å². The van der Waals surface area contributed by atoms with Crippen LogP contribution in [0.5, 0.6) is 0 Å². The number of carbonyl (C=O) groups excluding carboxylic acids is 2. The molecule has 4 nitrogen and oxygen atoms in total. The lowest BCUT2D eigenvalue weighted by Crippen LogP contribution is -2.32. The van der Waals surface area contributed by atoms with Crippen LogP contribution in [0, 0.1) is 25.7 Å². The molecule has 2 N–H and O–H groups in total. The number of carbonyl (C=O) groups is 2. The minimum absolute atomic E-state index is 0.0359. The Labute approximate surface area is 175 Å². The van der Waals surface area contributed by atoms with E-state index in [0.717, 1.165) is 11.1 Å². The van der Waals surface area contributed by atoms with Gasteiger partial charge in [0.25, 0.3) is 0 Å². The van der Waals surface area contributed by atoms with Crippen molar-refractivity contribution in [3.05, 3.63) is 57.6 Å². The molecule has 2 aromatic rings. The maximum Gasteiger partial charge on any atom is 0.227 e. The number of hydrogen-bond donors (Lipinski definition) is 2. The van der Waals surface area contributed by atoms with Crippen molar-refractivity contribution < 1.29 is 9.59 Å². The topological polar surface area (TPSA) is 58.2 Å². The SMILES string of the molecule is Cc1ccc(NC(=O)C2CCC(C(=O)Nc3ccc(C)cc3Cl)CC2)c(Cl)c1. The van der Waals surface area contributed by atoms with Gasteiger partial charge in [-0.05, 0) is 74.9 Å². The highest BCUT2D eigenvalue weighted by Crippen LogP contribution is 2.32. The number of halogens is 2. The molecule has 28 heavy (non-hydrogen) atoms. The van der Waals surface area contributed by atoms with Crippen molar-refractivity contribution in [3.63, 3.8) is 0 Å². The largest absolute Gasteiger partial charge is 0.325 e. The van der Waals surface area contributed by atoms with E-state index >= 15 is 0 Å². The molecule has 0 bridgehead atoms. The third kappa shape index (κ3) is 5.06. The number of anilines is 2. The number of aryl methyl sites for hydroxylation is 2. The highest BCUT2D eigenvalue weighted by Gasteiger charge is 2.30. The predicted molar refractivity (Wildman–Crippen MR) is 115 cm³/mol. The van der Waals surface area contributed by atoms with E-state index in [-0.39, 0.29) is 23.7 Å². The summed E-state index contributed by atoms with van der Waals surface area (Å²) in [5.74, 6) is -0.286. The van der Waals surface area contributed by atoms with Gasteiger partial charge < -0.3 is 10.6 Å². The molecule has 0 saturated heterocycles. The molecule has 1 aliphatic carbocycles. The van der Waals surface area contributed by atoms with E-state index in [0.29, 0.717) is 47.1 Å². The van der Waals surface area contributed by atoms with Crippen LogP contribution in [0.4, 0.5) is 11.4 Å². The van der Waals surface area contributed by atoms with Gasteiger partial charge in [0.15, 0.2) is 0 Å². The van der Waals surface area contributed by atoms with Crippen molar-refractivity contribution in [2.24, 2.45) is 11.8 Å². The fourth-order valence-corrected chi connectivity index (χ4v) is 4.10. The molecule has 0 heterocycles. The molecule has 1 fully saturated rings. The van der Waals surface area contributed by atoms with Gasteiger partial charge in [0, 0.05) is 11.8 Å². The molecule has 3 rings (SSSR count). The second-order valence-electron chi connectivity index (χ2n) is 7.49. The van der Waals surface area contributed by atoms with Gasteiger partial charge in [0.05, 0.1) is 21.4 Å². The molecule has 1 saturated carbocycles. The fraction of sp³-hybridized carbons (Fsp3) is 0.364.